The summed E-state index contributed by atoms with van der Waals surface area (Å²) in [6.07, 6.45) is 1.09. The van der Waals surface area contributed by atoms with E-state index in [9.17, 15) is 14.6 Å². The first kappa shape index (κ1) is 17.9. The van der Waals surface area contributed by atoms with Crippen LogP contribution in [0.25, 0.3) is 0 Å². The maximum Gasteiger partial charge on any atom is 0.167 e. The number of para-hydroxylation sites is 1. The summed E-state index contributed by atoms with van der Waals surface area (Å²) in [5.74, 6) is 1.06. The maximum absolute atomic E-state index is 13.5. The average Bonchev–Trinajstić information content (AvgIpc) is 3.04. The van der Waals surface area contributed by atoms with Crippen LogP contribution in [0.15, 0.2) is 36.4 Å². The second-order valence-corrected chi connectivity index (χ2v) is 7.96. The predicted molar refractivity (Wildman–Crippen MR) is 101 cm³/mol. The van der Waals surface area contributed by atoms with E-state index in [0.717, 1.165) is 16.7 Å². The predicted octanol–water partition coefficient (Wildman–Crippen LogP) is 2.54. The second kappa shape index (κ2) is 6.72. The third-order valence-corrected chi connectivity index (χ3v) is 6.38. The number of likely N-dealkylation sites (tertiary alicyclic amines) is 1. The van der Waals surface area contributed by atoms with Crippen LogP contribution in [0, 0.1) is 5.82 Å². The van der Waals surface area contributed by atoms with E-state index in [2.05, 4.69) is 4.90 Å². The lowest BCUT2D eigenvalue weighted by Crippen LogP contribution is -2.48. The normalized spacial score (nSPS) is 26.1. The minimum Gasteiger partial charge on any atom is -0.486 e. The number of fused-ring (bicyclic) bond motifs is 2. The van der Waals surface area contributed by atoms with Crippen molar-refractivity contribution >= 4 is 0 Å². The van der Waals surface area contributed by atoms with Gasteiger partial charge >= 0.3 is 0 Å². The van der Waals surface area contributed by atoms with E-state index < -0.39 is 11.7 Å². The summed E-state index contributed by atoms with van der Waals surface area (Å²) >= 11 is 0. The summed E-state index contributed by atoms with van der Waals surface area (Å²) < 4.78 is 25.0. The number of hydrogen-bond donors (Lipinski definition) is 2. The number of hydrogen-bond acceptors (Lipinski definition) is 5. The van der Waals surface area contributed by atoms with Crippen molar-refractivity contribution in [2.75, 3.05) is 26.3 Å². The molecule has 0 amide bonds. The van der Waals surface area contributed by atoms with Gasteiger partial charge in [-0.25, -0.2) is 4.39 Å². The fourth-order valence-corrected chi connectivity index (χ4v) is 4.85. The summed E-state index contributed by atoms with van der Waals surface area (Å²) in [6, 6.07) is 10.2. The van der Waals surface area contributed by atoms with Gasteiger partial charge in [0.1, 0.15) is 19.0 Å². The van der Waals surface area contributed by atoms with Crippen LogP contribution in [0.1, 0.15) is 35.6 Å². The van der Waals surface area contributed by atoms with E-state index in [1.807, 2.05) is 18.2 Å². The number of halogens is 1. The molecule has 0 aromatic heterocycles. The van der Waals surface area contributed by atoms with Gasteiger partial charge in [-0.05, 0) is 48.6 Å². The van der Waals surface area contributed by atoms with E-state index in [4.69, 9.17) is 9.47 Å². The van der Waals surface area contributed by atoms with E-state index in [0.29, 0.717) is 57.1 Å². The van der Waals surface area contributed by atoms with Crippen molar-refractivity contribution in [1.82, 2.24) is 4.90 Å². The number of aliphatic hydroxyl groups is 2. The van der Waals surface area contributed by atoms with Gasteiger partial charge in [0.25, 0.3) is 0 Å². The third kappa shape index (κ3) is 2.87. The Kier molecular flexibility index (Phi) is 4.30. The van der Waals surface area contributed by atoms with Crippen molar-refractivity contribution < 1.29 is 24.1 Å². The molecule has 2 atom stereocenters. The zero-order chi connectivity index (χ0) is 19.3. The maximum atomic E-state index is 13.5. The number of ether oxygens (including phenoxy) is 2. The number of piperidine rings is 1. The highest BCUT2D eigenvalue weighted by Gasteiger charge is 2.42. The fourth-order valence-electron chi connectivity index (χ4n) is 4.85. The molecule has 5 nitrogen and oxygen atoms in total. The monoisotopic (exact) mass is 385 g/mol. The number of benzene rings is 2. The van der Waals surface area contributed by atoms with Gasteiger partial charge in [0.2, 0.25) is 0 Å². The largest absolute Gasteiger partial charge is 0.486 e. The van der Waals surface area contributed by atoms with Crippen molar-refractivity contribution in [3.05, 3.63) is 58.9 Å². The second-order valence-electron chi connectivity index (χ2n) is 7.96. The Bertz CT molecular complexity index is 894. The molecule has 0 unspecified atom stereocenters. The first-order chi connectivity index (χ1) is 13.5. The molecule has 1 saturated heterocycles. The van der Waals surface area contributed by atoms with Crippen LogP contribution in [0.2, 0.25) is 0 Å². The molecule has 2 aliphatic heterocycles. The van der Waals surface area contributed by atoms with Crippen LogP contribution in [-0.4, -0.2) is 47.5 Å². The van der Waals surface area contributed by atoms with Crippen molar-refractivity contribution in [2.45, 2.75) is 37.0 Å². The van der Waals surface area contributed by atoms with E-state index in [-0.39, 0.29) is 11.9 Å². The Hall–Kier alpha value is -2.15. The summed E-state index contributed by atoms with van der Waals surface area (Å²) in [7, 11) is 0. The van der Waals surface area contributed by atoms with Crippen LogP contribution >= 0.6 is 0 Å². The quantitative estimate of drug-likeness (QED) is 0.832. The molecule has 3 aliphatic rings. The van der Waals surface area contributed by atoms with Gasteiger partial charge in [-0.1, -0.05) is 18.2 Å². The Morgan fingerprint density at radius 2 is 1.86 bits per heavy atom. The van der Waals surface area contributed by atoms with Crippen LogP contribution in [0.4, 0.5) is 4.39 Å². The van der Waals surface area contributed by atoms with Gasteiger partial charge in [0.15, 0.2) is 11.5 Å². The Morgan fingerprint density at radius 3 is 2.68 bits per heavy atom. The van der Waals surface area contributed by atoms with E-state index in [1.54, 1.807) is 6.07 Å². The highest BCUT2D eigenvalue weighted by Crippen LogP contribution is 2.45. The van der Waals surface area contributed by atoms with Crippen molar-refractivity contribution in [1.29, 1.82) is 0 Å². The molecule has 0 bridgehead atoms. The van der Waals surface area contributed by atoms with Crippen LogP contribution in [0.5, 0.6) is 11.5 Å². The molecule has 2 aromatic rings. The minimum absolute atomic E-state index is 0.0781. The molecule has 1 fully saturated rings. The lowest BCUT2D eigenvalue weighted by molar-refractivity contribution is -0.0522. The minimum atomic E-state index is -0.981. The molecule has 0 radical (unpaired) electrons. The molecule has 6 heteroatoms. The zero-order valence-electron chi connectivity index (χ0n) is 15.6. The number of nitrogens with zero attached hydrogens (tertiary/aromatic N) is 1. The lowest BCUT2D eigenvalue weighted by Gasteiger charge is -2.42. The molecule has 2 N–H and O–H groups in total. The SMILES string of the molecule is O[C@H]1c2ccc(F)cc2C[C@H]1N1CCC(O)(c2cccc3c2OCCO3)CC1. The molecule has 0 saturated carbocycles. The smallest absolute Gasteiger partial charge is 0.167 e. The highest BCUT2D eigenvalue weighted by atomic mass is 19.1. The topological polar surface area (TPSA) is 62.2 Å². The first-order valence-electron chi connectivity index (χ1n) is 9.87. The lowest BCUT2D eigenvalue weighted by atomic mass is 9.83. The van der Waals surface area contributed by atoms with Gasteiger partial charge in [0.05, 0.1) is 11.7 Å². The number of aliphatic hydroxyl groups excluding tert-OH is 1. The van der Waals surface area contributed by atoms with Gasteiger partial charge in [-0.2, -0.15) is 0 Å². The molecule has 148 valence electrons. The zero-order valence-corrected chi connectivity index (χ0v) is 15.6. The van der Waals surface area contributed by atoms with Crippen molar-refractivity contribution in [3.63, 3.8) is 0 Å². The Balaban J connectivity index is 1.33. The molecular weight excluding hydrogens is 361 g/mol. The molecular formula is C22H24FNO4. The van der Waals surface area contributed by atoms with E-state index >= 15 is 0 Å². The Labute approximate surface area is 163 Å². The highest BCUT2D eigenvalue weighted by molar-refractivity contribution is 5.50. The van der Waals surface area contributed by atoms with E-state index in [1.165, 1.54) is 12.1 Å². The molecule has 5 rings (SSSR count). The summed E-state index contributed by atoms with van der Waals surface area (Å²) in [6.45, 7) is 2.30. The molecule has 2 aromatic carbocycles. The van der Waals surface area contributed by atoms with Gasteiger partial charge < -0.3 is 19.7 Å². The van der Waals surface area contributed by atoms with Gasteiger partial charge in [-0.3, -0.25) is 4.90 Å². The fraction of sp³-hybridized carbons (Fsp3) is 0.455. The van der Waals surface area contributed by atoms with Gasteiger partial charge in [0, 0.05) is 24.7 Å². The standard InChI is InChI=1S/C22H24FNO4/c23-15-4-5-16-14(12-15)13-18(20(16)25)24-8-6-22(26,7-9-24)17-2-1-3-19-21(17)28-11-10-27-19/h1-5,12,18,20,25-26H,6-11,13H2/t18-,20+/m1/s1. The van der Waals surface area contributed by atoms with Gasteiger partial charge in [-0.15, -0.1) is 0 Å². The van der Waals surface area contributed by atoms with Crippen LogP contribution < -0.4 is 9.47 Å². The number of rotatable bonds is 2. The Morgan fingerprint density at radius 1 is 1.07 bits per heavy atom. The summed E-state index contributed by atoms with van der Waals surface area (Å²) in [5, 5.41) is 22.1. The molecule has 0 spiro atoms. The van der Waals surface area contributed by atoms with Crippen LogP contribution in [0.3, 0.4) is 0 Å². The van der Waals surface area contributed by atoms with Crippen molar-refractivity contribution in [2.24, 2.45) is 0 Å². The van der Waals surface area contributed by atoms with Crippen molar-refractivity contribution in [3.8, 4) is 11.5 Å². The molecule has 1 aliphatic carbocycles. The average molecular weight is 385 g/mol. The third-order valence-electron chi connectivity index (χ3n) is 6.38. The molecule has 28 heavy (non-hydrogen) atoms. The summed E-state index contributed by atoms with van der Waals surface area (Å²) in [5.41, 5.74) is 1.49. The molecule has 2 heterocycles. The summed E-state index contributed by atoms with van der Waals surface area (Å²) in [4.78, 5) is 2.21. The van der Waals surface area contributed by atoms with Crippen LogP contribution in [-0.2, 0) is 12.0 Å². The first-order valence-corrected chi connectivity index (χ1v) is 9.87.